The largest absolute Gasteiger partial charge is 0.469 e. The number of carbonyl (C=O) groups is 1. The molecular formula is C17H32O4. The van der Waals surface area contributed by atoms with E-state index in [1.54, 1.807) is 0 Å². The zero-order valence-electron chi connectivity index (χ0n) is 14.2. The first-order chi connectivity index (χ1) is 10.1. The van der Waals surface area contributed by atoms with E-state index in [-0.39, 0.29) is 24.1 Å². The average molecular weight is 300 g/mol. The maximum Gasteiger partial charge on any atom is 0.308 e. The molecule has 0 spiro atoms. The lowest BCUT2D eigenvalue weighted by Gasteiger charge is -2.42. The molecule has 1 fully saturated rings. The molecule has 1 aliphatic rings. The number of hydrogen-bond donors (Lipinski definition) is 0. The second-order valence-corrected chi connectivity index (χ2v) is 6.22. The molecule has 0 bridgehead atoms. The van der Waals surface area contributed by atoms with Crippen molar-refractivity contribution in [3.05, 3.63) is 0 Å². The highest BCUT2D eigenvalue weighted by atomic mass is 17.2. The van der Waals surface area contributed by atoms with Gasteiger partial charge in [-0.25, -0.2) is 9.78 Å². The van der Waals surface area contributed by atoms with Gasteiger partial charge in [-0.05, 0) is 25.2 Å². The summed E-state index contributed by atoms with van der Waals surface area (Å²) in [6.07, 6.45) is 9.06. The topological polar surface area (TPSA) is 44.8 Å². The highest BCUT2D eigenvalue weighted by molar-refractivity contribution is 5.69. The van der Waals surface area contributed by atoms with E-state index in [4.69, 9.17) is 14.5 Å². The van der Waals surface area contributed by atoms with Crippen molar-refractivity contribution in [2.75, 3.05) is 7.11 Å². The molecule has 0 amide bonds. The van der Waals surface area contributed by atoms with Crippen molar-refractivity contribution in [2.45, 2.75) is 90.3 Å². The SMILES string of the molecule is CCCCCCC1(CC)CC(CC)C(CC(=O)OC)OO1. The van der Waals surface area contributed by atoms with Gasteiger partial charge in [-0.15, -0.1) is 0 Å². The van der Waals surface area contributed by atoms with Gasteiger partial charge in [0.2, 0.25) is 0 Å². The van der Waals surface area contributed by atoms with Crippen LogP contribution in [0.3, 0.4) is 0 Å². The molecule has 1 heterocycles. The molecule has 0 N–H and O–H groups in total. The molecule has 0 saturated carbocycles. The molecule has 0 aromatic carbocycles. The van der Waals surface area contributed by atoms with Crippen molar-refractivity contribution >= 4 is 5.97 Å². The van der Waals surface area contributed by atoms with Gasteiger partial charge >= 0.3 is 5.97 Å². The monoisotopic (exact) mass is 300 g/mol. The molecule has 1 rings (SSSR count). The molecule has 3 atom stereocenters. The number of ether oxygens (including phenoxy) is 1. The van der Waals surface area contributed by atoms with E-state index >= 15 is 0 Å². The molecule has 4 heteroatoms. The number of methoxy groups -OCH3 is 1. The Kier molecular flexibility index (Phi) is 8.27. The molecule has 0 aromatic rings. The van der Waals surface area contributed by atoms with Crippen LogP contribution in [-0.4, -0.2) is 24.8 Å². The number of esters is 1. The van der Waals surface area contributed by atoms with Crippen molar-refractivity contribution < 1.29 is 19.3 Å². The van der Waals surface area contributed by atoms with Crippen LogP contribution < -0.4 is 0 Å². The van der Waals surface area contributed by atoms with Gasteiger partial charge in [-0.3, -0.25) is 4.79 Å². The van der Waals surface area contributed by atoms with Crippen molar-refractivity contribution in [2.24, 2.45) is 5.92 Å². The van der Waals surface area contributed by atoms with Crippen LogP contribution in [-0.2, 0) is 19.3 Å². The third-order valence-electron chi connectivity index (χ3n) is 4.76. The van der Waals surface area contributed by atoms with Gasteiger partial charge in [0, 0.05) is 0 Å². The fourth-order valence-electron chi connectivity index (χ4n) is 3.14. The first-order valence-corrected chi connectivity index (χ1v) is 8.52. The average Bonchev–Trinajstić information content (AvgIpc) is 2.52. The van der Waals surface area contributed by atoms with Gasteiger partial charge in [-0.2, -0.15) is 0 Å². The predicted octanol–water partition coefficient (Wildman–Crippen LogP) is 4.42. The molecule has 4 nitrogen and oxygen atoms in total. The smallest absolute Gasteiger partial charge is 0.308 e. The number of rotatable bonds is 9. The van der Waals surface area contributed by atoms with Crippen LogP contribution in [0.25, 0.3) is 0 Å². The highest BCUT2D eigenvalue weighted by Crippen LogP contribution is 2.40. The fraction of sp³-hybridized carbons (Fsp3) is 0.941. The summed E-state index contributed by atoms with van der Waals surface area (Å²) in [5.41, 5.74) is -0.166. The van der Waals surface area contributed by atoms with Gasteiger partial charge < -0.3 is 4.74 Å². The van der Waals surface area contributed by atoms with E-state index in [9.17, 15) is 4.79 Å². The van der Waals surface area contributed by atoms with Gasteiger partial charge in [0.15, 0.2) is 0 Å². The molecular weight excluding hydrogens is 268 g/mol. The Hall–Kier alpha value is -0.610. The minimum atomic E-state index is -0.228. The first kappa shape index (κ1) is 18.4. The zero-order valence-corrected chi connectivity index (χ0v) is 14.2. The zero-order chi connectivity index (χ0) is 15.7. The summed E-state index contributed by atoms with van der Waals surface area (Å²) in [5, 5.41) is 0. The summed E-state index contributed by atoms with van der Waals surface area (Å²) in [7, 11) is 1.41. The van der Waals surface area contributed by atoms with E-state index in [0.29, 0.717) is 5.92 Å². The Balaban J connectivity index is 2.56. The maximum atomic E-state index is 11.5. The molecule has 124 valence electrons. The van der Waals surface area contributed by atoms with Crippen molar-refractivity contribution in [3.8, 4) is 0 Å². The first-order valence-electron chi connectivity index (χ1n) is 8.52. The lowest BCUT2D eigenvalue weighted by molar-refractivity contribution is -0.423. The van der Waals surface area contributed by atoms with Crippen molar-refractivity contribution in [1.82, 2.24) is 0 Å². The minimum Gasteiger partial charge on any atom is -0.469 e. The number of carbonyl (C=O) groups excluding carboxylic acids is 1. The summed E-state index contributed by atoms with van der Waals surface area (Å²) < 4.78 is 4.74. The lowest BCUT2D eigenvalue weighted by atomic mass is 9.79. The fourth-order valence-corrected chi connectivity index (χ4v) is 3.14. The molecule has 1 saturated heterocycles. The van der Waals surface area contributed by atoms with Crippen LogP contribution in [0.5, 0.6) is 0 Å². The van der Waals surface area contributed by atoms with E-state index in [2.05, 4.69) is 20.8 Å². The predicted molar refractivity (Wildman–Crippen MR) is 82.8 cm³/mol. The van der Waals surface area contributed by atoms with Gasteiger partial charge in [0.1, 0.15) is 11.7 Å². The second kappa shape index (κ2) is 9.42. The number of unbranched alkanes of at least 4 members (excludes halogenated alkanes) is 3. The summed E-state index contributed by atoms with van der Waals surface area (Å²) in [5.74, 6) is 0.137. The van der Waals surface area contributed by atoms with Crippen molar-refractivity contribution in [3.63, 3.8) is 0 Å². The van der Waals surface area contributed by atoms with E-state index in [1.807, 2.05) is 0 Å². The quantitative estimate of drug-likeness (QED) is 0.359. The molecule has 3 unspecified atom stereocenters. The normalized spacial score (nSPS) is 29.3. The molecule has 21 heavy (non-hydrogen) atoms. The van der Waals surface area contributed by atoms with Crippen LogP contribution in [0.2, 0.25) is 0 Å². The van der Waals surface area contributed by atoms with Gasteiger partial charge in [-0.1, -0.05) is 52.9 Å². The minimum absolute atomic E-state index is 0.166. The van der Waals surface area contributed by atoms with Gasteiger partial charge in [0.05, 0.1) is 13.5 Å². The molecule has 0 radical (unpaired) electrons. The van der Waals surface area contributed by atoms with Crippen molar-refractivity contribution in [1.29, 1.82) is 0 Å². The van der Waals surface area contributed by atoms with Gasteiger partial charge in [0.25, 0.3) is 0 Å². The molecule has 1 aliphatic heterocycles. The maximum absolute atomic E-state index is 11.5. The lowest BCUT2D eigenvalue weighted by Crippen LogP contribution is -2.45. The second-order valence-electron chi connectivity index (χ2n) is 6.22. The van der Waals surface area contributed by atoms with E-state index in [1.165, 1.54) is 32.8 Å². The Bertz CT molecular complexity index is 305. The van der Waals surface area contributed by atoms with E-state index in [0.717, 1.165) is 25.7 Å². The Labute approximate surface area is 129 Å². The highest BCUT2D eigenvalue weighted by Gasteiger charge is 2.42. The van der Waals surface area contributed by atoms with Crippen LogP contribution >= 0.6 is 0 Å². The van der Waals surface area contributed by atoms with Crippen LogP contribution in [0.4, 0.5) is 0 Å². The Morgan fingerprint density at radius 1 is 1.24 bits per heavy atom. The summed E-state index contributed by atoms with van der Waals surface area (Å²) in [6, 6.07) is 0. The summed E-state index contributed by atoms with van der Waals surface area (Å²) in [4.78, 5) is 22.9. The van der Waals surface area contributed by atoms with Crippen LogP contribution in [0, 0.1) is 5.92 Å². The standard InChI is InChI=1S/C17H32O4/c1-5-8-9-10-11-17(7-3)13-14(6-2)15(20-21-17)12-16(18)19-4/h14-15H,5-13H2,1-4H3. The Morgan fingerprint density at radius 3 is 2.57 bits per heavy atom. The molecule has 0 aromatic heterocycles. The third kappa shape index (κ3) is 5.59. The van der Waals surface area contributed by atoms with Crippen LogP contribution in [0.1, 0.15) is 78.6 Å². The van der Waals surface area contributed by atoms with E-state index < -0.39 is 0 Å². The van der Waals surface area contributed by atoms with Crippen LogP contribution in [0.15, 0.2) is 0 Å². The number of hydrogen-bond acceptors (Lipinski definition) is 4. The third-order valence-corrected chi connectivity index (χ3v) is 4.76. The Morgan fingerprint density at radius 2 is 2.00 bits per heavy atom. The molecule has 0 aliphatic carbocycles. The summed E-state index contributed by atoms with van der Waals surface area (Å²) in [6.45, 7) is 6.54. The summed E-state index contributed by atoms with van der Waals surface area (Å²) >= 11 is 0.